The number of carbonyl (C=O) groups excluding carboxylic acids is 2. The summed E-state index contributed by atoms with van der Waals surface area (Å²) in [6, 6.07) is 31.4. The molecule has 42 heavy (non-hydrogen) atoms. The SMILES string of the molecule is Cc1ccc([C@@H](N)c2ccccc2)c(C)c1.O=C(O[C@H](C(=O)O)[C@H](OC(=O)c1ccccc1)C(=O)O)c1ccccc1. The van der Waals surface area contributed by atoms with Crippen LogP contribution in [-0.2, 0) is 19.1 Å². The molecule has 4 N–H and O–H groups in total. The van der Waals surface area contributed by atoms with E-state index in [9.17, 15) is 29.4 Å². The monoisotopic (exact) mass is 569 g/mol. The number of carboxylic acid groups (broad SMARTS) is 2. The lowest BCUT2D eigenvalue weighted by atomic mass is 9.95. The summed E-state index contributed by atoms with van der Waals surface area (Å²) < 4.78 is 9.52. The van der Waals surface area contributed by atoms with Gasteiger partial charge in [-0.25, -0.2) is 19.2 Å². The molecule has 4 aromatic rings. The first kappa shape index (κ1) is 31.3. The Morgan fingerprint density at radius 2 is 1.02 bits per heavy atom. The summed E-state index contributed by atoms with van der Waals surface area (Å²) in [5.41, 5.74) is 11.2. The van der Waals surface area contributed by atoms with Gasteiger partial charge in [-0.1, -0.05) is 90.5 Å². The molecule has 0 amide bonds. The topological polar surface area (TPSA) is 153 Å². The number of hydrogen-bond donors (Lipinski definition) is 3. The molecule has 0 spiro atoms. The van der Waals surface area contributed by atoms with E-state index in [0.717, 1.165) is 5.56 Å². The molecule has 0 aliphatic carbocycles. The Morgan fingerprint density at radius 1 is 0.619 bits per heavy atom. The van der Waals surface area contributed by atoms with Crippen molar-refractivity contribution in [2.24, 2.45) is 5.73 Å². The largest absolute Gasteiger partial charge is 0.478 e. The van der Waals surface area contributed by atoms with Gasteiger partial charge in [0.25, 0.3) is 0 Å². The maximum absolute atomic E-state index is 12.0. The maximum atomic E-state index is 12.0. The molecule has 0 unspecified atom stereocenters. The third kappa shape index (κ3) is 8.61. The number of benzene rings is 4. The Kier molecular flexibility index (Phi) is 11.1. The van der Waals surface area contributed by atoms with Crippen LogP contribution >= 0.6 is 0 Å². The average molecular weight is 570 g/mol. The molecule has 0 saturated heterocycles. The van der Waals surface area contributed by atoms with Gasteiger partial charge in [-0.05, 0) is 54.8 Å². The number of carbonyl (C=O) groups is 4. The smallest absolute Gasteiger partial charge is 0.349 e. The van der Waals surface area contributed by atoms with E-state index in [1.807, 2.05) is 18.2 Å². The number of rotatable bonds is 9. The van der Waals surface area contributed by atoms with Gasteiger partial charge >= 0.3 is 23.9 Å². The molecule has 9 nitrogen and oxygen atoms in total. The second kappa shape index (κ2) is 14.9. The maximum Gasteiger partial charge on any atom is 0.349 e. The van der Waals surface area contributed by atoms with Gasteiger partial charge in [-0.15, -0.1) is 0 Å². The van der Waals surface area contributed by atoms with Gasteiger partial charge in [0.2, 0.25) is 12.2 Å². The minimum absolute atomic E-state index is 0.0253. The lowest BCUT2D eigenvalue weighted by molar-refractivity contribution is -0.166. The van der Waals surface area contributed by atoms with Crippen LogP contribution in [0.15, 0.2) is 109 Å². The van der Waals surface area contributed by atoms with E-state index in [4.69, 9.17) is 15.2 Å². The third-order valence-electron chi connectivity index (χ3n) is 6.17. The number of ether oxygens (including phenoxy) is 2. The molecule has 0 heterocycles. The fourth-order valence-corrected chi connectivity index (χ4v) is 4.01. The van der Waals surface area contributed by atoms with Crippen LogP contribution < -0.4 is 5.73 Å². The van der Waals surface area contributed by atoms with Crippen molar-refractivity contribution >= 4 is 23.9 Å². The van der Waals surface area contributed by atoms with E-state index in [1.165, 1.54) is 65.2 Å². The summed E-state index contributed by atoms with van der Waals surface area (Å²) in [6.45, 7) is 4.22. The molecule has 9 heteroatoms. The molecule has 0 saturated carbocycles. The first-order chi connectivity index (χ1) is 20.1. The van der Waals surface area contributed by atoms with Gasteiger partial charge in [0.1, 0.15) is 0 Å². The van der Waals surface area contributed by atoms with Crippen LogP contribution in [0.1, 0.15) is 49.0 Å². The molecule has 0 aromatic heterocycles. The molecule has 0 radical (unpaired) electrons. The fourth-order valence-electron chi connectivity index (χ4n) is 4.01. The van der Waals surface area contributed by atoms with E-state index in [0.29, 0.717) is 0 Å². The second-order valence-electron chi connectivity index (χ2n) is 9.31. The highest BCUT2D eigenvalue weighted by atomic mass is 16.6. The van der Waals surface area contributed by atoms with Gasteiger partial charge in [-0.2, -0.15) is 0 Å². The first-order valence-corrected chi connectivity index (χ1v) is 12.9. The second-order valence-corrected chi connectivity index (χ2v) is 9.31. The van der Waals surface area contributed by atoms with Gasteiger partial charge in [0.05, 0.1) is 17.2 Å². The van der Waals surface area contributed by atoms with Gasteiger partial charge in [-0.3, -0.25) is 0 Å². The van der Waals surface area contributed by atoms with Crippen LogP contribution in [0.25, 0.3) is 0 Å². The number of hydrogen-bond acceptors (Lipinski definition) is 7. The van der Waals surface area contributed by atoms with Crippen molar-refractivity contribution in [2.45, 2.75) is 32.1 Å². The van der Waals surface area contributed by atoms with E-state index in [1.54, 1.807) is 12.1 Å². The highest BCUT2D eigenvalue weighted by Gasteiger charge is 2.41. The summed E-state index contributed by atoms with van der Waals surface area (Å²) in [7, 11) is 0. The van der Waals surface area contributed by atoms with Crippen molar-refractivity contribution in [3.8, 4) is 0 Å². The van der Waals surface area contributed by atoms with Crippen molar-refractivity contribution in [2.75, 3.05) is 0 Å². The Bertz CT molecular complexity index is 1440. The highest BCUT2D eigenvalue weighted by Crippen LogP contribution is 2.23. The van der Waals surface area contributed by atoms with E-state index < -0.39 is 36.1 Å². The zero-order valence-electron chi connectivity index (χ0n) is 23.0. The van der Waals surface area contributed by atoms with Crippen LogP contribution in [0.4, 0.5) is 0 Å². The molecule has 4 rings (SSSR count). The van der Waals surface area contributed by atoms with E-state index in [2.05, 4.69) is 44.2 Å². The minimum atomic E-state index is -2.21. The standard InChI is InChI=1S/C18H14O8.C15H17N/c19-15(20)13(25-17(23)11-7-3-1-4-8-11)14(16(21)22)26-18(24)12-9-5-2-6-10-12;1-11-8-9-14(12(2)10-11)15(16)13-6-4-3-5-7-13/h1-10,13-14H,(H,19,20)(H,21,22);3-10,15H,16H2,1-2H3/t13-,14-;15-/m00/s1. The number of aliphatic carboxylic acids is 2. The van der Waals surface area contributed by atoms with E-state index >= 15 is 0 Å². The Labute approximate surface area is 243 Å². The molecule has 0 fully saturated rings. The predicted molar refractivity (Wildman–Crippen MR) is 155 cm³/mol. The zero-order valence-corrected chi connectivity index (χ0v) is 23.0. The third-order valence-corrected chi connectivity index (χ3v) is 6.17. The summed E-state index contributed by atoms with van der Waals surface area (Å²) in [6.07, 6.45) is -4.43. The summed E-state index contributed by atoms with van der Waals surface area (Å²) in [5.74, 6) is -5.63. The Morgan fingerprint density at radius 3 is 1.40 bits per heavy atom. The first-order valence-electron chi connectivity index (χ1n) is 12.9. The normalized spacial score (nSPS) is 12.5. The van der Waals surface area contributed by atoms with E-state index in [-0.39, 0.29) is 17.2 Å². The highest BCUT2D eigenvalue weighted by molar-refractivity contribution is 5.95. The van der Waals surface area contributed by atoms with Gasteiger partial charge < -0.3 is 25.4 Å². The van der Waals surface area contributed by atoms with Crippen LogP contribution in [0.3, 0.4) is 0 Å². The Balaban J connectivity index is 0.000000258. The predicted octanol–water partition coefficient (Wildman–Crippen LogP) is 4.96. The molecule has 3 atom stereocenters. The summed E-state index contributed by atoms with van der Waals surface area (Å²) in [4.78, 5) is 46.8. The van der Waals surface area contributed by atoms with Crippen LogP contribution in [-0.4, -0.2) is 46.3 Å². The number of esters is 2. The number of carboxylic acids is 2. The van der Waals surface area contributed by atoms with Gasteiger partial charge in [0, 0.05) is 0 Å². The average Bonchev–Trinajstić information content (AvgIpc) is 2.99. The lowest BCUT2D eigenvalue weighted by Crippen LogP contribution is -2.45. The molecule has 4 aromatic carbocycles. The molecule has 0 aliphatic heterocycles. The van der Waals surface area contributed by atoms with Crippen LogP contribution in [0.5, 0.6) is 0 Å². The minimum Gasteiger partial charge on any atom is -0.478 e. The summed E-state index contributed by atoms with van der Waals surface area (Å²) in [5, 5.41) is 18.5. The quantitative estimate of drug-likeness (QED) is 0.237. The van der Waals surface area contributed by atoms with Crippen molar-refractivity contribution in [1.82, 2.24) is 0 Å². The van der Waals surface area contributed by atoms with Crippen molar-refractivity contribution in [1.29, 1.82) is 0 Å². The van der Waals surface area contributed by atoms with Crippen molar-refractivity contribution < 1.29 is 38.9 Å². The van der Waals surface area contributed by atoms with Crippen LogP contribution in [0.2, 0.25) is 0 Å². The molecule has 0 aliphatic rings. The molecular weight excluding hydrogens is 538 g/mol. The number of aryl methyl sites for hydroxylation is 2. The molecular formula is C33H31NO8. The zero-order chi connectivity index (χ0) is 30.6. The van der Waals surface area contributed by atoms with Crippen molar-refractivity contribution in [3.63, 3.8) is 0 Å². The van der Waals surface area contributed by atoms with Gasteiger partial charge in [0.15, 0.2) is 0 Å². The molecule has 216 valence electrons. The molecule has 0 bridgehead atoms. The Hall–Kier alpha value is -5.28. The number of nitrogens with two attached hydrogens (primary N) is 1. The fraction of sp³-hybridized carbons (Fsp3) is 0.152. The van der Waals surface area contributed by atoms with Crippen molar-refractivity contribution in [3.05, 3.63) is 143 Å². The lowest BCUT2D eigenvalue weighted by Gasteiger charge is -2.21. The summed E-state index contributed by atoms with van der Waals surface area (Å²) >= 11 is 0. The van der Waals surface area contributed by atoms with Crippen LogP contribution in [0, 0.1) is 13.8 Å².